The zero-order valence-corrected chi connectivity index (χ0v) is 17.0. The van der Waals surface area contributed by atoms with Gasteiger partial charge in [0.05, 0.1) is 17.6 Å². The number of pyridine rings is 1. The lowest BCUT2D eigenvalue weighted by molar-refractivity contribution is -0.120. The van der Waals surface area contributed by atoms with E-state index in [1.165, 1.54) is 11.1 Å². The van der Waals surface area contributed by atoms with Crippen molar-refractivity contribution in [2.45, 2.75) is 32.6 Å². The molecule has 0 bridgehead atoms. The molecule has 2 aromatic rings. The van der Waals surface area contributed by atoms with Gasteiger partial charge in [-0.3, -0.25) is 20.0 Å². The van der Waals surface area contributed by atoms with Gasteiger partial charge in [-0.15, -0.1) is 0 Å². The summed E-state index contributed by atoms with van der Waals surface area (Å²) in [7, 11) is 0. The molecule has 1 aromatic carbocycles. The monoisotopic (exact) mass is 399 g/mol. The third-order valence-electron chi connectivity index (χ3n) is 5.53. The molecule has 3 amide bonds. The van der Waals surface area contributed by atoms with Crippen LogP contribution in [-0.2, 0) is 10.2 Å². The van der Waals surface area contributed by atoms with E-state index in [0.29, 0.717) is 16.5 Å². The quantitative estimate of drug-likeness (QED) is 0.812. The van der Waals surface area contributed by atoms with Gasteiger partial charge >= 0.3 is 6.03 Å². The van der Waals surface area contributed by atoms with Crippen LogP contribution in [0.15, 0.2) is 18.5 Å². The molecule has 2 aliphatic heterocycles. The predicted molar refractivity (Wildman–Crippen MR) is 111 cm³/mol. The van der Waals surface area contributed by atoms with Crippen molar-refractivity contribution in [3.63, 3.8) is 0 Å². The number of piperazine rings is 1. The van der Waals surface area contributed by atoms with Crippen molar-refractivity contribution >= 4 is 34.1 Å². The van der Waals surface area contributed by atoms with Crippen LogP contribution in [0.25, 0.3) is 10.8 Å². The molecule has 2 aliphatic rings. The van der Waals surface area contributed by atoms with E-state index in [4.69, 9.17) is 0 Å². The highest BCUT2D eigenvalue weighted by Gasteiger charge is 2.31. The first-order chi connectivity index (χ1) is 13.8. The molecule has 0 saturated carbocycles. The van der Waals surface area contributed by atoms with Gasteiger partial charge in [0.1, 0.15) is 5.82 Å². The van der Waals surface area contributed by atoms with Crippen molar-refractivity contribution in [2.24, 2.45) is 0 Å². The van der Waals surface area contributed by atoms with Gasteiger partial charge in [0.15, 0.2) is 0 Å². The Hall–Kier alpha value is -2.74. The first kappa shape index (κ1) is 19.6. The zero-order chi connectivity index (χ0) is 20.8. The molecule has 0 atom stereocenters. The lowest BCUT2D eigenvalue weighted by Gasteiger charge is -2.36. The zero-order valence-electron chi connectivity index (χ0n) is 17.0. The summed E-state index contributed by atoms with van der Waals surface area (Å²) in [6.07, 6.45) is 3.36. The van der Waals surface area contributed by atoms with E-state index in [2.05, 4.69) is 41.3 Å². The van der Waals surface area contributed by atoms with E-state index in [1.54, 1.807) is 12.3 Å². The molecule has 1 aromatic heterocycles. The van der Waals surface area contributed by atoms with Crippen molar-refractivity contribution in [1.29, 1.82) is 0 Å². The normalized spacial score (nSPS) is 18.3. The summed E-state index contributed by atoms with van der Waals surface area (Å²) in [5.74, 6) is -0.706. The maximum atomic E-state index is 15.5. The van der Waals surface area contributed by atoms with Gasteiger partial charge in [-0.2, -0.15) is 0 Å². The van der Waals surface area contributed by atoms with Crippen LogP contribution in [-0.4, -0.2) is 49.6 Å². The van der Waals surface area contributed by atoms with Crippen molar-refractivity contribution in [2.75, 3.05) is 42.5 Å². The van der Waals surface area contributed by atoms with Crippen LogP contribution in [0.1, 0.15) is 32.8 Å². The molecule has 3 heterocycles. The molecule has 154 valence electrons. The number of nitrogens with zero attached hydrogens (tertiary/aromatic N) is 3. The number of rotatable bonds is 2. The minimum Gasteiger partial charge on any atom is -0.368 e. The molecule has 8 heteroatoms. The molecule has 0 spiro atoms. The van der Waals surface area contributed by atoms with Gasteiger partial charge in [-0.05, 0) is 17.0 Å². The summed E-state index contributed by atoms with van der Waals surface area (Å²) in [6, 6.07) is 1.05. The fraction of sp³-hybridized carbons (Fsp3) is 0.476. The number of carbonyl (C=O) groups is 2. The Labute approximate surface area is 169 Å². The number of carbonyl (C=O) groups excluding carboxylic acids is 2. The third kappa shape index (κ3) is 3.53. The molecular weight excluding hydrogens is 373 g/mol. The summed E-state index contributed by atoms with van der Waals surface area (Å²) in [4.78, 5) is 31.9. The van der Waals surface area contributed by atoms with Gasteiger partial charge in [0.25, 0.3) is 0 Å². The molecule has 7 nitrogen and oxygen atoms in total. The number of halogens is 1. The molecule has 4 rings (SSSR count). The number of hydrogen-bond acceptors (Lipinski definition) is 5. The van der Waals surface area contributed by atoms with Gasteiger partial charge in [0.2, 0.25) is 5.91 Å². The second-order valence-corrected chi connectivity index (χ2v) is 8.58. The van der Waals surface area contributed by atoms with Gasteiger partial charge < -0.3 is 10.2 Å². The topological polar surface area (TPSA) is 77.6 Å². The summed E-state index contributed by atoms with van der Waals surface area (Å²) in [6.45, 7) is 9.74. The summed E-state index contributed by atoms with van der Waals surface area (Å²) >= 11 is 0. The Morgan fingerprint density at radius 1 is 1.10 bits per heavy atom. The highest BCUT2D eigenvalue weighted by molar-refractivity contribution is 6.11. The number of anilines is 2. The van der Waals surface area contributed by atoms with Crippen molar-refractivity contribution in [3.05, 3.63) is 29.8 Å². The van der Waals surface area contributed by atoms with Gasteiger partial charge in [0, 0.05) is 56.1 Å². The fourth-order valence-electron chi connectivity index (χ4n) is 4.09. The van der Waals surface area contributed by atoms with E-state index in [-0.39, 0.29) is 30.1 Å². The maximum absolute atomic E-state index is 15.5. The lowest BCUT2D eigenvalue weighted by Crippen LogP contribution is -2.49. The van der Waals surface area contributed by atoms with Crippen LogP contribution >= 0.6 is 0 Å². The Bertz CT molecular complexity index is 979. The van der Waals surface area contributed by atoms with Gasteiger partial charge in [-0.1, -0.05) is 20.8 Å². The van der Waals surface area contributed by atoms with Crippen molar-refractivity contribution < 1.29 is 14.0 Å². The number of fused-ring (bicyclic) bond motifs is 1. The molecule has 2 N–H and O–H groups in total. The summed E-state index contributed by atoms with van der Waals surface area (Å²) < 4.78 is 15.5. The van der Waals surface area contributed by atoms with Crippen molar-refractivity contribution in [1.82, 2.24) is 15.6 Å². The van der Waals surface area contributed by atoms with E-state index in [1.807, 2.05) is 0 Å². The van der Waals surface area contributed by atoms with Crippen LogP contribution < -0.4 is 20.4 Å². The Morgan fingerprint density at radius 2 is 1.83 bits per heavy atom. The predicted octanol–water partition coefficient (Wildman–Crippen LogP) is 2.53. The van der Waals surface area contributed by atoms with E-state index in [9.17, 15) is 9.59 Å². The summed E-state index contributed by atoms with van der Waals surface area (Å²) in [5.41, 5.74) is 2.02. The van der Waals surface area contributed by atoms with Crippen LogP contribution in [0.4, 0.5) is 20.6 Å². The van der Waals surface area contributed by atoms with Crippen LogP contribution in [0, 0.1) is 5.82 Å². The van der Waals surface area contributed by atoms with E-state index in [0.717, 1.165) is 37.4 Å². The lowest BCUT2D eigenvalue weighted by atomic mass is 9.83. The largest absolute Gasteiger partial charge is 0.368 e. The first-order valence-corrected chi connectivity index (χ1v) is 9.95. The minimum atomic E-state index is -0.543. The number of urea groups is 1. The average Bonchev–Trinajstić information content (AvgIpc) is 2.67. The maximum Gasteiger partial charge on any atom is 0.328 e. The Morgan fingerprint density at radius 3 is 2.48 bits per heavy atom. The van der Waals surface area contributed by atoms with Crippen LogP contribution in [0.3, 0.4) is 0 Å². The standard InChI is InChI=1S/C21H26FN5O2/c1-21(2,3)14-10-15(22)18-13(19(14)26-8-5-23-6-9-26)11-24-12-16(18)27-7-4-17(28)25-20(27)29/h10-12,23H,4-9H2,1-3H3,(H,25,28,29). The smallest absolute Gasteiger partial charge is 0.328 e. The summed E-state index contributed by atoms with van der Waals surface area (Å²) in [5, 5.41) is 6.72. The van der Waals surface area contributed by atoms with E-state index < -0.39 is 6.03 Å². The number of benzene rings is 1. The SMILES string of the molecule is CC(C)(C)c1cc(F)c2c(N3CCC(=O)NC3=O)cncc2c1N1CCNCC1. The molecule has 0 aliphatic carbocycles. The highest BCUT2D eigenvalue weighted by atomic mass is 19.1. The Balaban J connectivity index is 1.95. The van der Waals surface area contributed by atoms with Crippen LogP contribution in [0.2, 0.25) is 0 Å². The molecule has 2 saturated heterocycles. The highest BCUT2D eigenvalue weighted by Crippen LogP contribution is 2.42. The Kier molecular flexibility index (Phi) is 4.90. The average molecular weight is 399 g/mol. The number of hydrogen-bond donors (Lipinski definition) is 2. The first-order valence-electron chi connectivity index (χ1n) is 9.95. The van der Waals surface area contributed by atoms with Crippen molar-refractivity contribution in [3.8, 4) is 0 Å². The molecule has 29 heavy (non-hydrogen) atoms. The number of amides is 3. The number of nitrogens with one attached hydrogen (secondary N) is 2. The second-order valence-electron chi connectivity index (χ2n) is 8.58. The second kappa shape index (κ2) is 7.26. The van der Waals surface area contributed by atoms with Crippen LogP contribution in [0.5, 0.6) is 0 Å². The number of aromatic nitrogens is 1. The molecule has 0 radical (unpaired) electrons. The third-order valence-corrected chi connectivity index (χ3v) is 5.53. The fourth-order valence-corrected chi connectivity index (χ4v) is 4.09. The molecule has 2 fully saturated rings. The molecular formula is C21H26FN5O2. The number of imide groups is 1. The van der Waals surface area contributed by atoms with E-state index >= 15 is 4.39 Å². The van der Waals surface area contributed by atoms with Gasteiger partial charge in [-0.25, -0.2) is 9.18 Å². The molecule has 0 unspecified atom stereocenters. The minimum absolute atomic E-state index is 0.175.